The van der Waals surface area contributed by atoms with Gasteiger partial charge in [0.2, 0.25) is 0 Å². The lowest BCUT2D eigenvalue weighted by atomic mass is 10.5. The summed E-state index contributed by atoms with van der Waals surface area (Å²) in [4.78, 5) is 8.11. The molecule has 72 valence electrons. The van der Waals surface area contributed by atoms with E-state index in [1.165, 1.54) is 6.33 Å². The quantitative estimate of drug-likeness (QED) is 0.673. The fraction of sp³-hybridized carbons (Fsp3) is 0.500. The third-order valence-corrected chi connectivity index (χ3v) is 1.36. The first-order valence-corrected chi connectivity index (χ1v) is 4.22. The van der Waals surface area contributed by atoms with Gasteiger partial charge in [0.15, 0.2) is 0 Å². The largest absolute Gasteiger partial charge is 0.370 e. The fourth-order valence-corrected chi connectivity index (χ4v) is 0.925. The summed E-state index contributed by atoms with van der Waals surface area (Å²) in [5.74, 6) is 1.62. The third-order valence-electron chi connectivity index (χ3n) is 1.36. The van der Waals surface area contributed by atoms with Crippen LogP contribution in [0.5, 0.6) is 0 Å². The van der Waals surface area contributed by atoms with E-state index < -0.39 is 0 Å². The number of nitrogens with one attached hydrogen (secondary N) is 2. The summed E-state index contributed by atoms with van der Waals surface area (Å²) >= 11 is 0. The molecule has 1 aromatic rings. The highest BCUT2D eigenvalue weighted by Crippen LogP contribution is 2.07. The van der Waals surface area contributed by atoms with Crippen molar-refractivity contribution in [3.8, 4) is 0 Å². The molecular weight excluding hydrogens is 166 g/mol. The first-order chi connectivity index (χ1) is 6.22. The molecule has 0 bridgehead atoms. The maximum Gasteiger partial charge on any atom is 0.145 e. The Labute approximate surface area is 78.2 Å². The topological polar surface area (TPSA) is 53.1 Å². The SMILES string of the molecule is CCNc1cc(NN(C)C)ncn1. The normalized spacial score (nSPS) is 10.2. The summed E-state index contributed by atoms with van der Waals surface area (Å²) in [6.07, 6.45) is 1.53. The predicted octanol–water partition coefficient (Wildman–Crippen LogP) is 0.797. The highest BCUT2D eigenvalue weighted by molar-refractivity contribution is 5.45. The Kier molecular flexibility index (Phi) is 3.45. The molecule has 0 atom stereocenters. The Morgan fingerprint density at radius 1 is 1.31 bits per heavy atom. The molecule has 0 radical (unpaired) electrons. The Bertz CT molecular complexity index is 260. The van der Waals surface area contributed by atoms with Crippen LogP contribution >= 0.6 is 0 Å². The number of hydrogen-bond donors (Lipinski definition) is 2. The number of nitrogens with zero attached hydrogens (tertiary/aromatic N) is 3. The monoisotopic (exact) mass is 181 g/mol. The number of hydrazine groups is 1. The lowest BCUT2D eigenvalue weighted by Crippen LogP contribution is -2.20. The molecule has 0 unspecified atom stereocenters. The van der Waals surface area contributed by atoms with E-state index in [0.717, 1.165) is 18.2 Å². The fourth-order valence-electron chi connectivity index (χ4n) is 0.925. The van der Waals surface area contributed by atoms with Gasteiger partial charge in [-0.15, -0.1) is 0 Å². The van der Waals surface area contributed by atoms with E-state index in [2.05, 4.69) is 20.7 Å². The molecule has 1 rings (SSSR count). The van der Waals surface area contributed by atoms with Gasteiger partial charge in [-0.3, -0.25) is 0 Å². The zero-order chi connectivity index (χ0) is 9.68. The standard InChI is InChI=1S/C8H15N5/c1-4-9-7-5-8(11-6-10-7)12-13(2)3/h5-6H,4H2,1-3H3,(H2,9,10,11,12). The number of anilines is 2. The number of hydrogen-bond acceptors (Lipinski definition) is 5. The van der Waals surface area contributed by atoms with Crippen molar-refractivity contribution < 1.29 is 0 Å². The molecule has 0 aliphatic rings. The number of aromatic nitrogens is 2. The Hall–Kier alpha value is -1.36. The molecule has 0 spiro atoms. The van der Waals surface area contributed by atoms with Gasteiger partial charge in [0.25, 0.3) is 0 Å². The second-order valence-electron chi connectivity index (χ2n) is 2.83. The van der Waals surface area contributed by atoms with Gasteiger partial charge in [-0.1, -0.05) is 0 Å². The molecule has 0 aliphatic heterocycles. The van der Waals surface area contributed by atoms with Crippen molar-refractivity contribution >= 4 is 11.6 Å². The minimum absolute atomic E-state index is 0.788. The molecule has 0 saturated heterocycles. The molecule has 1 aromatic heterocycles. The number of rotatable bonds is 4. The van der Waals surface area contributed by atoms with Crippen LogP contribution in [0, 0.1) is 0 Å². The van der Waals surface area contributed by atoms with Crippen LogP contribution in [0.25, 0.3) is 0 Å². The van der Waals surface area contributed by atoms with Gasteiger partial charge in [-0.05, 0) is 6.92 Å². The van der Waals surface area contributed by atoms with Crippen LogP contribution in [0.4, 0.5) is 11.6 Å². The minimum atomic E-state index is 0.788. The van der Waals surface area contributed by atoms with Crippen molar-refractivity contribution in [2.24, 2.45) is 0 Å². The summed E-state index contributed by atoms with van der Waals surface area (Å²) in [6.45, 7) is 2.89. The van der Waals surface area contributed by atoms with Crippen LogP contribution in [0.3, 0.4) is 0 Å². The van der Waals surface area contributed by atoms with Crippen molar-refractivity contribution in [1.82, 2.24) is 15.0 Å². The minimum Gasteiger partial charge on any atom is -0.370 e. The molecule has 0 saturated carbocycles. The van der Waals surface area contributed by atoms with E-state index in [1.54, 1.807) is 0 Å². The van der Waals surface area contributed by atoms with Crippen LogP contribution in [-0.2, 0) is 0 Å². The van der Waals surface area contributed by atoms with Crippen molar-refractivity contribution in [3.05, 3.63) is 12.4 Å². The maximum atomic E-state index is 4.06. The average Bonchev–Trinajstić information content (AvgIpc) is 2.04. The Balaban J connectivity index is 2.67. The average molecular weight is 181 g/mol. The Morgan fingerprint density at radius 2 is 2.00 bits per heavy atom. The first-order valence-electron chi connectivity index (χ1n) is 4.22. The summed E-state index contributed by atoms with van der Waals surface area (Å²) < 4.78 is 0. The molecule has 5 nitrogen and oxygen atoms in total. The van der Waals surface area contributed by atoms with Gasteiger partial charge in [-0.2, -0.15) is 0 Å². The van der Waals surface area contributed by atoms with Crippen molar-refractivity contribution in [2.75, 3.05) is 31.4 Å². The van der Waals surface area contributed by atoms with E-state index >= 15 is 0 Å². The van der Waals surface area contributed by atoms with Gasteiger partial charge < -0.3 is 10.7 Å². The van der Waals surface area contributed by atoms with Gasteiger partial charge in [0, 0.05) is 26.7 Å². The molecule has 0 amide bonds. The van der Waals surface area contributed by atoms with Crippen LogP contribution in [0.2, 0.25) is 0 Å². The van der Waals surface area contributed by atoms with E-state index in [0.29, 0.717) is 0 Å². The molecule has 0 fully saturated rings. The van der Waals surface area contributed by atoms with Gasteiger partial charge in [0.1, 0.15) is 18.0 Å². The highest BCUT2D eigenvalue weighted by Gasteiger charge is 1.96. The zero-order valence-corrected chi connectivity index (χ0v) is 8.20. The van der Waals surface area contributed by atoms with Gasteiger partial charge in [-0.25, -0.2) is 15.0 Å². The van der Waals surface area contributed by atoms with E-state index in [1.807, 2.05) is 32.1 Å². The first kappa shape index (κ1) is 9.73. The molecule has 1 heterocycles. The van der Waals surface area contributed by atoms with Crippen LogP contribution < -0.4 is 10.7 Å². The van der Waals surface area contributed by atoms with Crippen molar-refractivity contribution in [1.29, 1.82) is 0 Å². The van der Waals surface area contributed by atoms with Gasteiger partial charge in [0.05, 0.1) is 0 Å². The zero-order valence-electron chi connectivity index (χ0n) is 8.20. The lowest BCUT2D eigenvalue weighted by molar-refractivity contribution is 0.492. The summed E-state index contributed by atoms with van der Waals surface area (Å²) in [5.41, 5.74) is 3.05. The molecule has 2 N–H and O–H groups in total. The predicted molar refractivity (Wildman–Crippen MR) is 53.5 cm³/mol. The summed E-state index contributed by atoms with van der Waals surface area (Å²) in [7, 11) is 3.82. The van der Waals surface area contributed by atoms with Gasteiger partial charge >= 0.3 is 0 Å². The lowest BCUT2D eigenvalue weighted by Gasteiger charge is -2.12. The molecule has 0 aliphatic carbocycles. The third kappa shape index (κ3) is 3.25. The second-order valence-corrected chi connectivity index (χ2v) is 2.83. The highest BCUT2D eigenvalue weighted by atomic mass is 15.5. The van der Waals surface area contributed by atoms with Crippen LogP contribution in [0.1, 0.15) is 6.92 Å². The summed E-state index contributed by atoms with van der Waals surface area (Å²) in [5, 5.41) is 4.94. The second kappa shape index (κ2) is 4.61. The van der Waals surface area contributed by atoms with Crippen LogP contribution in [0.15, 0.2) is 12.4 Å². The maximum absolute atomic E-state index is 4.06. The van der Waals surface area contributed by atoms with Crippen LogP contribution in [-0.4, -0.2) is 35.6 Å². The summed E-state index contributed by atoms with van der Waals surface area (Å²) in [6, 6.07) is 1.86. The smallest absolute Gasteiger partial charge is 0.145 e. The molecular formula is C8H15N5. The van der Waals surface area contributed by atoms with E-state index in [4.69, 9.17) is 0 Å². The molecule has 5 heteroatoms. The Morgan fingerprint density at radius 3 is 2.62 bits per heavy atom. The molecule has 13 heavy (non-hydrogen) atoms. The van der Waals surface area contributed by atoms with Crippen molar-refractivity contribution in [3.63, 3.8) is 0 Å². The molecule has 0 aromatic carbocycles. The van der Waals surface area contributed by atoms with E-state index in [9.17, 15) is 0 Å². The van der Waals surface area contributed by atoms with Crippen molar-refractivity contribution in [2.45, 2.75) is 6.92 Å². The van der Waals surface area contributed by atoms with E-state index in [-0.39, 0.29) is 0 Å².